The van der Waals surface area contributed by atoms with Gasteiger partial charge in [-0.1, -0.05) is 79.7 Å². The fourth-order valence-corrected chi connectivity index (χ4v) is 6.80. The van der Waals surface area contributed by atoms with Gasteiger partial charge in [-0.25, -0.2) is 0 Å². The molecular formula is C27H29N3O4. The third-order valence-electron chi connectivity index (χ3n) is 8.17. The van der Waals surface area contributed by atoms with E-state index in [1.54, 1.807) is 0 Å². The molecule has 0 aromatic heterocycles. The van der Waals surface area contributed by atoms with E-state index < -0.39 is 28.8 Å². The zero-order valence-corrected chi connectivity index (χ0v) is 19.4. The average molecular weight is 460 g/mol. The number of nitrogens with zero attached hydrogens (tertiary/aromatic N) is 2. The lowest BCUT2D eigenvalue weighted by molar-refractivity contribution is -0.143. The number of likely N-dealkylation sites (tertiary alicyclic amines) is 1. The molecule has 2 aliphatic carbocycles. The average Bonchev–Trinajstić information content (AvgIpc) is 3.29. The van der Waals surface area contributed by atoms with Crippen molar-refractivity contribution in [2.45, 2.75) is 20.0 Å². The van der Waals surface area contributed by atoms with E-state index in [4.69, 9.17) is 0 Å². The third kappa shape index (κ3) is 2.90. The molecule has 7 nitrogen and oxygen atoms in total. The molecule has 2 amide bonds. The Labute approximate surface area is 198 Å². The van der Waals surface area contributed by atoms with Crippen molar-refractivity contribution in [2.24, 2.45) is 27.8 Å². The molecule has 2 bridgehead atoms. The van der Waals surface area contributed by atoms with Crippen LogP contribution >= 0.6 is 0 Å². The first-order valence-corrected chi connectivity index (χ1v) is 11.8. The van der Waals surface area contributed by atoms with Gasteiger partial charge in [0, 0.05) is 30.5 Å². The fourth-order valence-electron chi connectivity index (χ4n) is 6.80. The van der Waals surface area contributed by atoms with Crippen LogP contribution in [0.1, 0.15) is 25.0 Å². The van der Waals surface area contributed by atoms with E-state index in [0.29, 0.717) is 13.1 Å². The normalized spacial score (nSPS) is 32.0. The van der Waals surface area contributed by atoms with Crippen LogP contribution in [0.15, 0.2) is 65.8 Å². The van der Waals surface area contributed by atoms with Gasteiger partial charge in [0.05, 0.1) is 24.5 Å². The quantitative estimate of drug-likeness (QED) is 0.359. The summed E-state index contributed by atoms with van der Waals surface area (Å²) in [5.74, 6) is -1.70. The summed E-state index contributed by atoms with van der Waals surface area (Å²) in [5.41, 5.74) is 2.03. The molecule has 3 aliphatic rings. The molecule has 0 radical (unpaired) electrons. The number of carbonyl (C=O) groups is 2. The maximum atomic E-state index is 13.7. The van der Waals surface area contributed by atoms with Crippen LogP contribution in [0.2, 0.25) is 0 Å². The highest BCUT2D eigenvalue weighted by molar-refractivity contribution is 6.14. The maximum Gasteiger partial charge on any atom is 0.234 e. The monoisotopic (exact) mass is 459 g/mol. The number of aliphatic hydroxyl groups excluding tert-OH is 1. The molecule has 1 saturated heterocycles. The van der Waals surface area contributed by atoms with E-state index in [1.165, 1.54) is 4.90 Å². The van der Waals surface area contributed by atoms with Gasteiger partial charge in [0.15, 0.2) is 0 Å². The van der Waals surface area contributed by atoms with Gasteiger partial charge in [-0.2, -0.15) is 4.91 Å². The highest BCUT2D eigenvalue weighted by atomic mass is 16.3. The van der Waals surface area contributed by atoms with Gasteiger partial charge in [0.1, 0.15) is 0 Å². The first kappa shape index (κ1) is 22.6. The van der Waals surface area contributed by atoms with Crippen molar-refractivity contribution in [2.75, 3.05) is 26.2 Å². The number of imide groups is 1. The van der Waals surface area contributed by atoms with Crippen LogP contribution in [0.4, 0.5) is 0 Å². The Morgan fingerprint density at radius 2 is 1.32 bits per heavy atom. The lowest BCUT2D eigenvalue weighted by Gasteiger charge is -2.37. The topological polar surface area (TPSA) is 99.1 Å². The summed E-state index contributed by atoms with van der Waals surface area (Å²) in [6.07, 6.45) is -0.868. The molecule has 4 unspecified atom stereocenters. The molecule has 2 fully saturated rings. The molecule has 0 spiro atoms. The van der Waals surface area contributed by atoms with E-state index in [0.717, 1.165) is 22.3 Å². The second kappa shape index (κ2) is 8.25. The summed E-state index contributed by atoms with van der Waals surface area (Å²) >= 11 is 0. The summed E-state index contributed by atoms with van der Waals surface area (Å²) in [7, 11) is 0. The van der Waals surface area contributed by atoms with Gasteiger partial charge < -0.3 is 10.4 Å². The zero-order valence-electron chi connectivity index (χ0n) is 19.4. The Bertz CT molecular complexity index is 1080. The highest BCUT2D eigenvalue weighted by Gasteiger charge is 2.78. The molecule has 2 aromatic rings. The van der Waals surface area contributed by atoms with Crippen LogP contribution in [0.25, 0.3) is 11.1 Å². The highest BCUT2D eigenvalue weighted by Crippen LogP contribution is 2.75. The number of benzene rings is 2. The molecule has 7 heteroatoms. The molecule has 2 N–H and O–H groups in total. The molecule has 176 valence electrons. The lowest BCUT2D eigenvalue weighted by atomic mass is 9.63. The number of aliphatic hydroxyl groups is 1. The number of carbonyl (C=O) groups excluding carboxylic acids is 2. The van der Waals surface area contributed by atoms with E-state index in [-0.39, 0.29) is 24.9 Å². The minimum absolute atomic E-state index is 0.139. The van der Waals surface area contributed by atoms with Crippen molar-refractivity contribution in [3.8, 4) is 0 Å². The maximum absolute atomic E-state index is 13.7. The summed E-state index contributed by atoms with van der Waals surface area (Å²) < 4.78 is 0. The van der Waals surface area contributed by atoms with Crippen molar-refractivity contribution >= 4 is 23.0 Å². The number of hydrogen-bond donors (Lipinski definition) is 2. The van der Waals surface area contributed by atoms with E-state index >= 15 is 0 Å². The Balaban J connectivity index is 1.62. The number of nitrogens with one attached hydrogen (secondary N) is 1. The van der Waals surface area contributed by atoms with Crippen molar-refractivity contribution < 1.29 is 14.7 Å². The van der Waals surface area contributed by atoms with E-state index in [2.05, 4.69) is 10.5 Å². The van der Waals surface area contributed by atoms with Crippen LogP contribution in [-0.2, 0) is 9.59 Å². The van der Waals surface area contributed by atoms with Crippen molar-refractivity contribution in [1.82, 2.24) is 10.2 Å². The van der Waals surface area contributed by atoms with Crippen molar-refractivity contribution in [3.05, 3.63) is 76.7 Å². The predicted molar refractivity (Wildman–Crippen MR) is 129 cm³/mol. The number of amides is 2. The van der Waals surface area contributed by atoms with Crippen LogP contribution < -0.4 is 5.32 Å². The number of fused-ring (bicyclic) bond motifs is 5. The largest absolute Gasteiger partial charge is 0.391 e. The number of hydrogen-bond acceptors (Lipinski definition) is 6. The fraction of sp³-hybridized carbons (Fsp3) is 0.407. The van der Waals surface area contributed by atoms with Crippen LogP contribution in [0, 0.1) is 27.6 Å². The third-order valence-corrected chi connectivity index (χ3v) is 8.17. The van der Waals surface area contributed by atoms with Crippen molar-refractivity contribution in [1.29, 1.82) is 0 Å². The van der Waals surface area contributed by atoms with Crippen LogP contribution in [0.5, 0.6) is 0 Å². The zero-order chi connectivity index (χ0) is 24.1. The van der Waals surface area contributed by atoms with Gasteiger partial charge in [0.2, 0.25) is 11.8 Å². The number of rotatable bonds is 8. The summed E-state index contributed by atoms with van der Waals surface area (Å²) in [6, 6.07) is 19.8. The Hall–Kier alpha value is -3.16. The van der Waals surface area contributed by atoms with Gasteiger partial charge in [-0.3, -0.25) is 14.5 Å². The molecule has 1 heterocycles. The van der Waals surface area contributed by atoms with E-state index in [9.17, 15) is 19.6 Å². The second-order valence-corrected chi connectivity index (χ2v) is 9.84. The summed E-state index contributed by atoms with van der Waals surface area (Å²) in [5, 5.41) is 17.7. The molecule has 2 aromatic carbocycles. The van der Waals surface area contributed by atoms with Gasteiger partial charge in [-0.05, 0) is 22.3 Å². The van der Waals surface area contributed by atoms with Crippen molar-refractivity contribution in [3.63, 3.8) is 0 Å². The van der Waals surface area contributed by atoms with E-state index in [1.807, 2.05) is 74.5 Å². The molecule has 4 atom stereocenters. The molecular weight excluding hydrogens is 430 g/mol. The smallest absolute Gasteiger partial charge is 0.234 e. The standard InChI is InChI=1S/C27H29N3O4/c1-26-19(17-9-5-3-6-10-17)20(18-11-7-4-8-12-18)27(2,25(26)33)22-21(26)23(31)30(24(22)32)16-15-28-13-14-29-34/h3-12,21-22,25,28,33H,13-16H2,1-2H3. The molecule has 5 rings (SSSR count). The molecule has 34 heavy (non-hydrogen) atoms. The lowest BCUT2D eigenvalue weighted by Crippen LogP contribution is -2.44. The molecule has 1 aliphatic heterocycles. The first-order valence-electron chi connectivity index (χ1n) is 11.8. The number of nitroso groups, excluding NO2 is 1. The van der Waals surface area contributed by atoms with Crippen LogP contribution in [-0.4, -0.2) is 54.1 Å². The minimum atomic E-state index is -0.900. The van der Waals surface area contributed by atoms with Gasteiger partial charge >= 0.3 is 0 Å². The van der Waals surface area contributed by atoms with Crippen LogP contribution in [0.3, 0.4) is 0 Å². The second-order valence-electron chi connectivity index (χ2n) is 9.84. The first-order chi connectivity index (χ1) is 16.4. The predicted octanol–water partition coefficient (Wildman–Crippen LogP) is 2.96. The Kier molecular flexibility index (Phi) is 5.49. The minimum Gasteiger partial charge on any atom is -0.391 e. The Morgan fingerprint density at radius 3 is 1.76 bits per heavy atom. The SMILES string of the molecule is CC12C(c3ccccc3)=C(c3ccccc3)C(C)(C3C(=O)N(CCNCCN=O)C(=O)C31)C2O. The van der Waals surface area contributed by atoms with Gasteiger partial charge in [0.25, 0.3) is 0 Å². The Morgan fingerprint density at radius 1 is 0.853 bits per heavy atom. The summed E-state index contributed by atoms with van der Waals surface area (Å²) in [6.45, 7) is 5.06. The van der Waals surface area contributed by atoms with Gasteiger partial charge in [-0.15, -0.1) is 0 Å². The molecule has 1 saturated carbocycles. The summed E-state index contributed by atoms with van der Waals surface area (Å²) in [4.78, 5) is 39.0.